The van der Waals surface area contributed by atoms with E-state index in [9.17, 15) is 34.6 Å². The summed E-state index contributed by atoms with van der Waals surface area (Å²) in [6.45, 7) is 6.42. The molecule has 13 nitrogen and oxygen atoms in total. The van der Waals surface area contributed by atoms with Crippen LogP contribution in [0.3, 0.4) is 0 Å². The number of nitro benzene ring substituents is 2. The summed E-state index contributed by atoms with van der Waals surface area (Å²) in [6, 6.07) is 4.88. The molecule has 0 aliphatic carbocycles. The summed E-state index contributed by atoms with van der Waals surface area (Å²) in [5.41, 5.74) is 1.66. The SMILES string of the molecule is CCOC(=O)C(C)N1C(=O)COc2cc(C)c([N+](=O)[O-])cc21.Cc1cc2c(cc1[N+](=O)[O-])CC(=O)CO2. The summed E-state index contributed by atoms with van der Waals surface area (Å²) in [5, 5.41) is 21.7. The van der Waals surface area contributed by atoms with Gasteiger partial charge in [-0.1, -0.05) is 0 Å². The minimum atomic E-state index is -0.891. The number of hydrogen-bond acceptors (Lipinski definition) is 10. The number of nitrogens with zero attached hydrogens (tertiary/aromatic N) is 3. The zero-order valence-corrected chi connectivity index (χ0v) is 20.6. The molecule has 2 aliphatic heterocycles. The number of ether oxygens (including phenoxy) is 3. The van der Waals surface area contributed by atoms with Crippen molar-refractivity contribution in [2.24, 2.45) is 0 Å². The van der Waals surface area contributed by atoms with E-state index >= 15 is 0 Å². The molecule has 0 saturated heterocycles. The summed E-state index contributed by atoms with van der Waals surface area (Å²) in [6.07, 6.45) is 0.219. The molecule has 37 heavy (non-hydrogen) atoms. The van der Waals surface area contributed by atoms with Crippen LogP contribution in [0.25, 0.3) is 0 Å². The Morgan fingerprint density at radius 2 is 1.57 bits per heavy atom. The van der Waals surface area contributed by atoms with Gasteiger partial charge < -0.3 is 14.2 Å². The third-order valence-corrected chi connectivity index (χ3v) is 5.72. The molecular weight excluding hydrogens is 490 g/mol. The van der Waals surface area contributed by atoms with Crippen LogP contribution in [-0.4, -0.2) is 53.4 Å². The van der Waals surface area contributed by atoms with E-state index in [0.717, 1.165) is 0 Å². The second kappa shape index (κ2) is 11.0. The van der Waals surface area contributed by atoms with Crippen molar-refractivity contribution in [2.45, 2.75) is 40.2 Å². The number of fused-ring (bicyclic) bond motifs is 2. The van der Waals surface area contributed by atoms with Crippen molar-refractivity contribution in [2.75, 3.05) is 24.7 Å². The number of hydrogen-bond donors (Lipinski definition) is 0. The monoisotopic (exact) mass is 515 g/mol. The second-order valence-electron chi connectivity index (χ2n) is 8.35. The summed E-state index contributed by atoms with van der Waals surface area (Å²) in [5.74, 6) is -0.171. The standard InChI is InChI=1S/C14H16N2O6.C10H9NO4/c1-4-21-14(18)9(3)15-11-6-10(16(19)20)8(2)5-12(11)22-7-13(15)17;1-6-2-10-7(3-8(12)5-15-10)4-9(6)11(13)14/h5-6,9H,4,7H2,1-3H3;2,4H,3,5H2,1H3. The van der Waals surface area contributed by atoms with Gasteiger partial charge in [-0.2, -0.15) is 0 Å². The third-order valence-electron chi connectivity index (χ3n) is 5.72. The maximum absolute atomic E-state index is 12.1. The van der Waals surface area contributed by atoms with E-state index in [2.05, 4.69) is 0 Å². The Morgan fingerprint density at radius 3 is 2.16 bits per heavy atom. The van der Waals surface area contributed by atoms with Crippen LogP contribution in [0.15, 0.2) is 24.3 Å². The average molecular weight is 515 g/mol. The number of carbonyl (C=O) groups excluding carboxylic acids is 3. The molecule has 2 aromatic rings. The zero-order valence-electron chi connectivity index (χ0n) is 20.6. The van der Waals surface area contributed by atoms with Gasteiger partial charge in [-0.3, -0.25) is 34.7 Å². The molecule has 0 N–H and O–H groups in total. The van der Waals surface area contributed by atoms with Crippen LogP contribution in [0.1, 0.15) is 30.5 Å². The molecule has 196 valence electrons. The first-order chi connectivity index (χ1) is 17.4. The molecule has 13 heteroatoms. The van der Waals surface area contributed by atoms with E-state index in [4.69, 9.17) is 14.2 Å². The summed E-state index contributed by atoms with van der Waals surface area (Å²) < 4.78 is 15.4. The molecule has 0 saturated carbocycles. The lowest BCUT2D eigenvalue weighted by Crippen LogP contribution is -2.48. The molecule has 0 bridgehead atoms. The highest BCUT2D eigenvalue weighted by Crippen LogP contribution is 2.38. The molecular formula is C24H25N3O10. The number of rotatable bonds is 5. The van der Waals surface area contributed by atoms with Crippen molar-refractivity contribution in [1.29, 1.82) is 0 Å². The molecule has 1 atom stereocenters. The van der Waals surface area contributed by atoms with Gasteiger partial charge in [0.05, 0.1) is 22.1 Å². The number of nitro groups is 2. The van der Waals surface area contributed by atoms with Crippen LogP contribution in [0.5, 0.6) is 11.5 Å². The van der Waals surface area contributed by atoms with E-state index in [1.54, 1.807) is 26.8 Å². The minimum absolute atomic E-state index is 0.0343. The molecule has 0 radical (unpaired) electrons. The molecule has 1 amide bonds. The Hall–Kier alpha value is -4.55. The van der Waals surface area contributed by atoms with Gasteiger partial charge in [-0.25, -0.2) is 4.79 Å². The zero-order chi connectivity index (χ0) is 27.4. The second-order valence-corrected chi connectivity index (χ2v) is 8.35. The quantitative estimate of drug-likeness (QED) is 0.328. The number of aryl methyl sites for hydroxylation is 2. The fraction of sp³-hybridized carbons (Fsp3) is 0.375. The van der Waals surface area contributed by atoms with Gasteiger partial charge in [-0.05, 0) is 39.8 Å². The molecule has 2 aromatic carbocycles. The van der Waals surface area contributed by atoms with Gasteiger partial charge in [0.1, 0.15) is 24.1 Å². The van der Waals surface area contributed by atoms with Gasteiger partial charge in [0.2, 0.25) is 0 Å². The lowest BCUT2D eigenvalue weighted by Gasteiger charge is -2.32. The number of esters is 1. The topological polar surface area (TPSA) is 168 Å². The van der Waals surface area contributed by atoms with E-state index in [-0.39, 0.29) is 49.1 Å². The van der Waals surface area contributed by atoms with E-state index in [1.165, 1.54) is 30.0 Å². The fourth-order valence-electron chi connectivity index (χ4n) is 3.90. The van der Waals surface area contributed by atoms with E-state index in [1.807, 2.05) is 0 Å². The first-order valence-electron chi connectivity index (χ1n) is 11.3. The molecule has 4 rings (SSSR count). The van der Waals surface area contributed by atoms with Crippen molar-refractivity contribution in [1.82, 2.24) is 0 Å². The molecule has 0 fully saturated rings. The number of benzene rings is 2. The lowest BCUT2D eigenvalue weighted by atomic mass is 10.0. The highest BCUT2D eigenvalue weighted by molar-refractivity contribution is 6.03. The van der Waals surface area contributed by atoms with E-state index < -0.39 is 27.8 Å². The molecule has 0 spiro atoms. The maximum atomic E-state index is 12.1. The predicted octanol–water partition coefficient (Wildman–Crippen LogP) is 2.99. The summed E-state index contributed by atoms with van der Waals surface area (Å²) >= 11 is 0. The van der Waals surface area contributed by atoms with Crippen LogP contribution in [0.2, 0.25) is 0 Å². The molecule has 1 unspecified atom stereocenters. The Morgan fingerprint density at radius 1 is 1.00 bits per heavy atom. The van der Waals surface area contributed by atoms with Gasteiger partial charge in [0.25, 0.3) is 17.3 Å². The van der Waals surface area contributed by atoms with E-state index in [0.29, 0.717) is 28.2 Å². The Labute approximate surface area is 211 Å². The largest absolute Gasteiger partial charge is 0.486 e. The van der Waals surface area contributed by atoms with Crippen LogP contribution < -0.4 is 14.4 Å². The minimum Gasteiger partial charge on any atom is -0.486 e. The van der Waals surface area contributed by atoms with Gasteiger partial charge in [0.15, 0.2) is 12.4 Å². The fourth-order valence-corrected chi connectivity index (χ4v) is 3.90. The van der Waals surface area contributed by atoms with Crippen LogP contribution in [0, 0.1) is 34.1 Å². The first kappa shape index (κ1) is 27.0. The maximum Gasteiger partial charge on any atom is 0.328 e. The normalized spacial score (nSPS) is 14.6. The Kier molecular flexibility index (Phi) is 8.05. The van der Waals surface area contributed by atoms with Crippen LogP contribution >= 0.6 is 0 Å². The van der Waals surface area contributed by atoms with Crippen molar-refractivity contribution in [3.05, 3.63) is 61.2 Å². The predicted molar refractivity (Wildman–Crippen MR) is 129 cm³/mol. The number of ketones is 1. The number of amides is 1. The number of Topliss-reactive ketones (excluding diaryl/α,β-unsaturated/α-hetero) is 1. The smallest absolute Gasteiger partial charge is 0.328 e. The highest BCUT2D eigenvalue weighted by Gasteiger charge is 2.35. The number of carbonyl (C=O) groups is 3. The lowest BCUT2D eigenvalue weighted by molar-refractivity contribution is -0.385. The van der Waals surface area contributed by atoms with Crippen molar-refractivity contribution in [3.8, 4) is 11.5 Å². The van der Waals surface area contributed by atoms with Gasteiger partial charge in [-0.15, -0.1) is 0 Å². The Balaban J connectivity index is 0.000000220. The average Bonchev–Trinajstić information content (AvgIpc) is 2.83. The number of anilines is 1. The van der Waals surface area contributed by atoms with Crippen LogP contribution in [-0.2, 0) is 25.5 Å². The third kappa shape index (κ3) is 5.82. The first-order valence-corrected chi connectivity index (χ1v) is 11.3. The Bertz CT molecular complexity index is 1290. The molecule has 2 aliphatic rings. The molecule has 2 heterocycles. The van der Waals surface area contributed by atoms with Gasteiger partial charge in [0, 0.05) is 35.2 Å². The summed E-state index contributed by atoms with van der Waals surface area (Å²) in [7, 11) is 0. The molecule has 0 aromatic heterocycles. The van der Waals surface area contributed by atoms with Crippen molar-refractivity contribution < 1.29 is 38.4 Å². The van der Waals surface area contributed by atoms with Crippen molar-refractivity contribution >= 4 is 34.7 Å². The van der Waals surface area contributed by atoms with Gasteiger partial charge >= 0.3 is 5.97 Å². The highest BCUT2D eigenvalue weighted by atomic mass is 16.6. The van der Waals surface area contributed by atoms with Crippen molar-refractivity contribution in [3.63, 3.8) is 0 Å². The summed E-state index contributed by atoms with van der Waals surface area (Å²) in [4.78, 5) is 57.0. The van der Waals surface area contributed by atoms with Crippen LogP contribution in [0.4, 0.5) is 17.1 Å².